The molecule has 0 saturated heterocycles. The highest BCUT2D eigenvalue weighted by Crippen LogP contribution is 2.18. The van der Waals surface area contributed by atoms with E-state index in [1.807, 2.05) is 49.4 Å². The van der Waals surface area contributed by atoms with E-state index in [-0.39, 0.29) is 5.91 Å². The van der Waals surface area contributed by atoms with Gasteiger partial charge >= 0.3 is 0 Å². The molecule has 29 heavy (non-hydrogen) atoms. The number of aromatic nitrogens is 2. The SMILES string of the molecule is COc1ccccc1CCNc1cc(C(=O)NCc2cccc(C)c2)nc(C)n1. The number of benzene rings is 2. The Hall–Kier alpha value is -3.41. The molecular formula is C23H26N4O2. The van der Waals surface area contributed by atoms with Crippen LogP contribution in [0, 0.1) is 13.8 Å². The quantitative estimate of drug-likeness (QED) is 0.614. The van der Waals surface area contributed by atoms with Gasteiger partial charge in [-0.2, -0.15) is 0 Å². The first kappa shape index (κ1) is 20.3. The number of carbonyl (C=O) groups is 1. The lowest BCUT2D eigenvalue weighted by Crippen LogP contribution is -2.24. The van der Waals surface area contributed by atoms with Gasteiger partial charge in [-0.05, 0) is 37.5 Å². The highest BCUT2D eigenvalue weighted by Gasteiger charge is 2.11. The Morgan fingerprint density at radius 1 is 1.03 bits per heavy atom. The maximum absolute atomic E-state index is 12.5. The summed E-state index contributed by atoms with van der Waals surface area (Å²) in [5, 5.41) is 6.20. The Bertz CT molecular complexity index is 988. The van der Waals surface area contributed by atoms with Crippen LogP contribution in [0.2, 0.25) is 0 Å². The van der Waals surface area contributed by atoms with Crippen LogP contribution in [0.5, 0.6) is 5.75 Å². The summed E-state index contributed by atoms with van der Waals surface area (Å²) < 4.78 is 5.38. The molecule has 1 aromatic heterocycles. The molecule has 3 aromatic rings. The van der Waals surface area contributed by atoms with Crippen molar-refractivity contribution in [2.24, 2.45) is 0 Å². The molecule has 0 fully saturated rings. The van der Waals surface area contributed by atoms with Crippen molar-refractivity contribution in [3.63, 3.8) is 0 Å². The number of nitrogens with one attached hydrogen (secondary N) is 2. The van der Waals surface area contributed by atoms with Crippen LogP contribution < -0.4 is 15.4 Å². The van der Waals surface area contributed by atoms with Crippen molar-refractivity contribution in [2.75, 3.05) is 19.0 Å². The first-order chi connectivity index (χ1) is 14.0. The number of carbonyl (C=O) groups excluding carboxylic acids is 1. The molecule has 0 unspecified atom stereocenters. The molecule has 3 rings (SSSR count). The third-order valence-corrected chi connectivity index (χ3v) is 4.50. The van der Waals surface area contributed by atoms with Gasteiger partial charge in [0.1, 0.15) is 23.1 Å². The fourth-order valence-corrected chi connectivity index (χ4v) is 3.10. The first-order valence-electron chi connectivity index (χ1n) is 9.60. The maximum atomic E-state index is 12.5. The van der Waals surface area contributed by atoms with Crippen LogP contribution in [0.1, 0.15) is 33.0 Å². The summed E-state index contributed by atoms with van der Waals surface area (Å²) in [5.41, 5.74) is 3.68. The summed E-state index contributed by atoms with van der Waals surface area (Å²) in [5.74, 6) is 1.83. The number of rotatable bonds is 8. The average Bonchev–Trinajstić information content (AvgIpc) is 2.72. The summed E-state index contributed by atoms with van der Waals surface area (Å²) >= 11 is 0. The Labute approximate surface area is 171 Å². The molecule has 2 N–H and O–H groups in total. The summed E-state index contributed by atoms with van der Waals surface area (Å²) in [6.45, 7) is 4.94. The fourth-order valence-electron chi connectivity index (χ4n) is 3.10. The van der Waals surface area contributed by atoms with Crippen LogP contribution in [0.3, 0.4) is 0 Å². The monoisotopic (exact) mass is 390 g/mol. The molecule has 0 aliphatic rings. The van der Waals surface area contributed by atoms with E-state index in [0.29, 0.717) is 30.4 Å². The lowest BCUT2D eigenvalue weighted by atomic mass is 10.1. The van der Waals surface area contributed by atoms with Gasteiger partial charge in [0.25, 0.3) is 5.91 Å². The molecule has 0 spiro atoms. The van der Waals surface area contributed by atoms with E-state index in [1.54, 1.807) is 20.1 Å². The molecule has 0 aliphatic heterocycles. The smallest absolute Gasteiger partial charge is 0.270 e. The zero-order valence-corrected chi connectivity index (χ0v) is 17.0. The Morgan fingerprint density at radius 2 is 1.86 bits per heavy atom. The second kappa shape index (κ2) is 9.68. The highest BCUT2D eigenvalue weighted by molar-refractivity contribution is 5.92. The second-order valence-corrected chi connectivity index (χ2v) is 6.85. The van der Waals surface area contributed by atoms with Gasteiger partial charge in [0, 0.05) is 19.2 Å². The molecule has 6 nitrogen and oxygen atoms in total. The largest absolute Gasteiger partial charge is 0.496 e. The number of hydrogen-bond acceptors (Lipinski definition) is 5. The standard InChI is InChI=1S/C23H26N4O2/c1-16-7-6-8-18(13-16)15-25-23(28)20-14-22(27-17(2)26-20)24-12-11-19-9-4-5-10-21(19)29-3/h4-10,13-14H,11-12,15H2,1-3H3,(H,25,28)(H,24,26,27). The second-order valence-electron chi connectivity index (χ2n) is 6.85. The summed E-state index contributed by atoms with van der Waals surface area (Å²) in [6, 6.07) is 17.7. The first-order valence-corrected chi connectivity index (χ1v) is 9.60. The van der Waals surface area contributed by atoms with Crippen molar-refractivity contribution >= 4 is 11.7 Å². The van der Waals surface area contributed by atoms with Crippen LogP contribution in [0.15, 0.2) is 54.6 Å². The number of methoxy groups -OCH3 is 1. The minimum atomic E-state index is -0.218. The van der Waals surface area contributed by atoms with Crippen molar-refractivity contribution in [2.45, 2.75) is 26.8 Å². The molecule has 1 heterocycles. The van der Waals surface area contributed by atoms with E-state index < -0.39 is 0 Å². The Kier molecular flexibility index (Phi) is 6.79. The van der Waals surface area contributed by atoms with Crippen molar-refractivity contribution in [1.29, 1.82) is 0 Å². The van der Waals surface area contributed by atoms with Crippen molar-refractivity contribution < 1.29 is 9.53 Å². The van der Waals surface area contributed by atoms with E-state index in [9.17, 15) is 4.79 Å². The molecular weight excluding hydrogens is 364 g/mol. The van der Waals surface area contributed by atoms with E-state index in [0.717, 1.165) is 28.9 Å². The summed E-state index contributed by atoms with van der Waals surface area (Å²) in [4.78, 5) is 21.2. The Morgan fingerprint density at radius 3 is 2.66 bits per heavy atom. The molecule has 6 heteroatoms. The number of aryl methyl sites for hydroxylation is 2. The van der Waals surface area contributed by atoms with Gasteiger partial charge in [0.05, 0.1) is 7.11 Å². The predicted octanol–water partition coefficient (Wildman–Crippen LogP) is 3.69. The highest BCUT2D eigenvalue weighted by atomic mass is 16.5. The topological polar surface area (TPSA) is 76.1 Å². The third kappa shape index (κ3) is 5.78. The van der Waals surface area contributed by atoms with Gasteiger partial charge in [-0.1, -0.05) is 48.0 Å². The van der Waals surface area contributed by atoms with Crippen LogP contribution in [-0.2, 0) is 13.0 Å². The zero-order chi connectivity index (χ0) is 20.6. The Balaban J connectivity index is 1.60. The van der Waals surface area contributed by atoms with E-state index in [4.69, 9.17) is 4.74 Å². The van der Waals surface area contributed by atoms with Gasteiger partial charge in [-0.25, -0.2) is 9.97 Å². The predicted molar refractivity (Wildman–Crippen MR) is 114 cm³/mol. The molecule has 150 valence electrons. The van der Waals surface area contributed by atoms with Gasteiger partial charge < -0.3 is 15.4 Å². The van der Waals surface area contributed by atoms with Crippen LogP contribution in [0.4, 0.5) is 5.82 Å². The maximum Gasteiger partial charge on any atom is 0.270 e. The molecule has 1 amide bonds. The minimum Gasteiger partial charge on any atom is -0.496 e. The molecule has 0 aliphatic carbocycles. The molecule has 0 saturated carbocycles. The zero-order valence-electron chi connectivity index (χ0n) is 17.0. The number of hydrogen-bond donors (Lipinski definition) is 2. The van der Waals surface area contributed by atoms with Gasteiger partial charge in [0.15, 0.2) is 0 Å². The van der Waals surface area contributed by atoms with E-state index >= 15 is 0 Å². The number of nitrogens with zero attached hydrogens (tertiary/aromatic N) is 2. The summed E-state index contributed by atoms with van der Waals surface area (Å²) in [6.07, 6.45) is 0.780. The number of anilines is 1. The van der Waals surface area contributed by atoms with Gasteiger partial charge in [0.2, 0.25) is 0 Å². The summed E-state index contributed by atoms with van der Waals surface area (Å²) in [7, 11) is 1.67. The van der Waals surface area contributed by atoms with Gasteiger partial charge in [-0.3, -0.25) is 4.79 Å². The average molecular weight is 390 g/mol. The lowest BCUT2D eigenvalue weighted by molar-refractivity contribution is 0.0945. The lowest BCUT2D eigenvalue weighted by Gasteiger charge is -2.11. The van der Waals surface area contributed by atoms with E-state index in [1.165, 1.54) is 0 Å². The minimum absolute atomic E-state index is 0.218. The van der Waals surface area contributed by atoms with Crippen LogP contribution in [0.25, 0.3) is 0 Å². The number of ether oxygens (including phenoxy) is 1. The fraction of sp³-hybridized carbons (Fsp3) is 0.261. The molecule has 0 bridgehead atoms. The number of para-hydroxylation sites is 1. The molecule has 0 radical (unpaired) electrons. The third-order valence-electron chi connectivity index (χ3n) is 4.50. The van der Waals surface area contributed by atoms with Crippen molar-refractivity contribution in [1.82, 2.24) is 15.3 Å². The normalized spacial score (nSPS) is 10.4. The van der Waals surface area contributed by atoms with Crippen LogP contribution >= 0.6 is 0 Å². The number of amides is 1. The van der Waals surface area contributed by atoms with E-state index in [2.05, 4.69) is 26.7 Å². The van der Waals surface area contributed by atoms with Crippen LogP contribution in [-0.4, -0.2) is 29.5 Å². The van der Waals surface area contributed by atoms with Crippen molar-refractivity contribution in [3.8, 4) is 5.75 Å². The van der Waals surface area contributed by atoms with Gasteiger partial charge in [-0.15, -0.1) is 0 Å². The molecule has 2 aromatic carbocycles. The van der Waals surface area contributed by atoms with Crippen molar-refractivity contribution in [3.05, 3.63) is 82.8 Å². The molecule has 0 atom stereocenters.